The number of benzene rings is 3. The molecule has 6 rings (SSSR count). The second-order valence-corrected chi connectivity index (χ2v) is 9.92. The molecule has 0 saturated heterocycles. The van der Waals surface area contributed by atoms with Crippen molar-refractivity contribution in [3.05, 3.63) is 108 Å². The molecule has 0 aliphatic rings. The van der Waals surface area contributed by atoms with Gasteiger partial charge in [-0.1, -0.05) is 48.5 Å². The Morgan fingerprint density at radius 1 is 0.872 bits per heavy atom. The summed E-state index contributed by atoms with van der Waals surface area (Å²) in [4.78, 5) is 21.5. The zero-order valence-electron chi connectivity index (χ0n) is 21.4. The average molecular weight is 509 g/mol. The van der Waals surface area contributed by atoms with Gasteiger partial charge in [-0.2, -0.15) is 10.4 Å². The molecule has 2 N–H and O–H groups in total. The molecule has 1 amide bonds. The molecular weight excluding hydrogens is 484 g/mol. The van der Waals surface area contributed by atoms with Gasteiger partial charge in [-0.25, -0.2) is 4.98 Å². The molecule has 3 aromatic heterocycles. The lowest BCUT2D eigenvalue weighted by atomic mass is 9.86. The molecule has 3 heterocycles. The van der Waals surface area contributed by atoms with Gasteiger partial charge in [0.25, 0.3) is 5.91 Å². The molecular formula is C32H24N6O. The van der Waals surface area contributed by atoms with E-state index in [1.54, 1.807) is 30.6 Å². The van der Waals surface area contributed by atoms with Gasteiger partial charge in [0, 0.05) is 33.7 Å². The van der Waals surface area contributed by atoms with E-state index in [-0.39, 0.29) is 5.91 Å². The minimum atomic E-state index is -0.564. The summed E-state index contributed by atoms with van der Waals surface area (Å²) >= 11 is 0. The lowest BCUT2D eigenvalue weighted by molar-refractivity contribution is 0.102. The molecule has 0 saturated carbocycles. The number of aromatic amines is 1. The Kier molecular flexibility index (Phi) is 5.85. The zero-order chi connectivity index (χ0) is 27.0. The summed E-state index contributed by atoms with van der Waals surface area (Å²) in [6.45, 7) is 3.82. The quantitative estimate of drug-likeness (QED) is 0.264. The molecule has 3 aromatic carbocycles. The Labute approximate surface area is 225 Å². The number of anilines is 1. The maximum atomic E-state index is 12.5. The lowest BCUT2D eigenvalue weighted by Crippen LogP contribution is -2.13. The van der Waals surface area contributed by atoms with Gasteiger partial charge in [0.15, 0.2) is 0 Å². The van der Waals surface area contributed by atoms with E-state index in [0.717, 1.165) is 49.8 Å². The van der Waals surface area contributed by atoms with Crippen LogP contribution in [0.2, 0.25) is 0 Å². The van der Waals surface area contributed by atoms with Crippen LogP contribution < -0.4 is 5.32 Å². The van der Waals surface area contributed by atoms with Gasteiger partial charge in [-0.3, -0.25) is 14.9 Å². The SMILES string of the molecule is CC(C)(C#N)c1ccc(-c2n[nH]c3cnc4ccc(-c5ccc(NC(=O)c6ccccc6)nc5)cc4c23)cc1. The van der Waals surface area contributed by atoms with Crippen LogP contribution in [0.4, 0.5) is 5.82 Å². The summed E-state index contributed by atoms with van der Waals surface area (Å²) < 4.78 is 0. The van der Waals surface area contributed by atoms with E-state index in [1.165, 1.54) is 0 Å². The number of carbonyl (C=O) groups excluding carboxylic acids is 1. The third kappa shape index (κ3) is 4.49. The van der Waals surface area contributed by atoms with Crippen LogP contribution in [-0.2, 0) is 5.41 Å². The van der Waals surface area contributed by atoms with Crippen LogP contribution in [-0.4, -0.2) is 26.1 Å². The Morgan fingerprint density at radius 2 is 1.62 bits per heavy atom. The maximum absolute atomic E-state index is 12.5. The Morgan fingerprint density at radius 3 is 2.33 bits per heavy atom. The van der Waals surface area contributed by atoms with Gasteiger partial charge >= 0.3 is 0 Å². The number of nitrogens with one attached hydrogen (secondary N) is 2. The molecule has 0 spiro atoms. The van der Waals surface area contributed by atoms with Crippen LogP contribution >= 0.6 is 0 Å². The minimum absolute atomic E-state index is 0.202. The monoisotopic (exact) mass is 508 g/mol. The minimum Gasteiger partial charge on any atom is -0.307 e. The predicted molar refractivity (Wildman–Crippen MR) is 153 cm³/mol. The van der Waals surface area contributed by atoms with Gasteiger partial charge in [0.2, 0.25) is 0 Å². The van der Waals surface area contributed by atoms with Crippen LogP contribution in [0.3, 0.4) is 0 Å². The first-order valence-corrected chi connectivity index (χ1v) is 12.5. The highest BCUT2D eigenvalue weighted by Crippen LogP contribution is 2.35. The van der Waals surface area contributed by atoms with Gasteiger partial charge in [0.1, 0.15) is 11.5 Å². The van der Waals surface area contributed by atoms with Crippen LogP contribution in [0.25, 0.3) is 44.2 Å². The topological polar surface area (TPSA) is 107 Å². The number of rotatable bonds is 5. The number of hydrogen-bond acceptors (Lipinski definition) is 5. The number of H-pyrrole nitrogens is 1. The van der Waals surface area contributed by atoms with Crippen molar-refractivity contribution in [1.29, 1.82) is 5.26 Å². The highest BCUT2D eigenvalue weighted by Gasteiger charge is 2.20. The van der Waals surface area contributed by atoms with Crippen molar-refractivity contribution in [3.63, 3.8) is 0 Å². The first kappa shape index (κ1) is 24.0. The highest BCUT2D eigenvalue weighted by molar-refractivity contribution is 6.11. The molecule has 0 fully saturated rings. The Bertz CT molecular complexity index is 1870. The second-order valence-electron chi connectivity index (χ2n) is 9.92. The van der Waals surface area contributed by atoms with Crippen molar-refractivity contribution in [2.24, 2.45) is 0 Å². The second kappa shape index (κ2) is 9.51. The first-order chi connectivity index (χ1) is 18.9. The third-order valence-electron chi connectivity index (χ3n) is 6.93. The van der Waals surface area contributed by atoms with E-state index < -0.39 is 5.41 Å². The van der Waals surface area contributed by atoms with Crippen molar-refractivity contribution >= 4 is 33.5 Å². The predicted octanol–water partition coefficient (Wildman–Crippen LogP) is 6.89. The molecule has 0 aliphatic heterocycles. The molecule has 7 nitrogen and oxygen atoms in total. The van der Waals surface area contributed by atoms with Gasteiger partial charge < -0.3 is 5.32 Å². The molecule has 0 radical (unpaired) electrons. The summed E-state index contributed by atoms with van der Waals surface area (Å²) in [5.74, 6) is 0.282. The van der Waals surface area contributed by atoms with Gasteiger partial charge in [-0.05, 0) is 61.4 Å². The van der Waals surface area contributed by atoms with Crippen molar-refractivity contribution in [3.8, 4) is 28.5 Å². The fraction of sp³-hybridized carbons (Fsp3) is 0.0938. The third-order valence-corrected chi connectivity index (χ3v) is 6.93. The van der Waals surface area contributed by atoms with E-state index in [4.69, 9.17) is 0 Å². The smallest absolute Gasteiger partial charge is 0.256 e. The van der Waals surface area contributed by atoms with E-state index in [2.05, 4.69) is 37.6 Å². The fourth-order valence-corrected chi connectivity index (χ4v) is 4.62. The molecule has 0 bridgehead atoms. The molecule has 0 aliphatic carbocycles. The van der Waals surface area contributed by atoms with Crippen LogP contribution in [0, 0.1) is 11.3 Å². The maximum Gasteiger partial charge on any atom is 0.256 e. The summed E-state index contributed by atoms with van der Waals surface area (Å²) in [6.07, 6.45) is 3.55. The van der Waals surface area contributed by atoms with Crippen molar-refractivity contribution in [2.45, 2.75) is 19.3 Å². The zero-order valence-corrected chi connectivity index (χ0v) is 21.4. The highest BCUT2D eigenvalue weighted by atomic mass is 16.1. The first-order valence-electron chi connectivity index (χ1n) is 12.5. The van der Waals surface area contributed by atoms with E-state index in [9.17, 15) is 10.1 Å². The normalized spacial score (nSPS) is 11.4. The van der Waals surface area contributed by atoms with Crippen molar-refractivity contribution in [2.75, 3.05) is 5.32 Å². The van der Waals surface area contributed by atoms with E-state index >= 15 is 0 Å². The van der Waals surface area contributed by atoms with E-state index in [1.807, 2.05) is 74.5 Å². The van der Waals surface area contributed by atoms with Gasteiger partial charge in [0.05, 0.1) is 28.7 Å². The molecule has 39 heavy (non-hydrogen) atoms. The van der Waals surface area contributed by atoms with Crippen LogP contribution in [0.5, 0.6) is 0 Å². The Hall–Kier alpha value is -5.35. The standard InChI is InChI=1S/C32H24N6O/c1-32(2,19-33)24-12-8-20(9-13-24)30-29-25-16-22(10-14-26(25)34-18-27(29)37-38-30)23-11-15-28(35-17-23)36-31(39)21-6-4-3-5-7-21/h3-18H,1-2H3,(H,37,38)(H,35,36,39). The summed E-state index contributed by atoms with van der Waals surface area (Å²) in [6, 6.07) is 29.2. The molecule has 0 unspecified atom stereocenters. The van der Waals surface area contributed by atoms with E-state index in [0.29, 0.717) is 11.4 Å². The lowest BCUT2D eigenvalue weighted by Gasteiger charge is -2.15. The number of hydrogen-bond donors (Lipinski definition) is 2. The number of carbonyl (C=O) groups is 1. The van der Waals surface area contributed by atoms with Crippen molar-refractivity contribution in [1.82, 2.24) is 20.2 Å². The molecule has 7 heteroatoms. The van der Waals surface area contributed by atoms with Gasteiger partial charge in [-0.15, -0.1) is 0 Å². The van der Waals surface area contributed by atoms with Crippen molar-refractivity contribution < 1.29 is 4.79 Å². The summed E-state index contributed by atoms with van der Waals surface area (Å²) in [5.41, 5.74) is 6.34. The number of nitriles is 1. The number of aromatic nitrogens is 4. The van der Waals surface area contributed by atoms with Crippen LogP contribution in [0.15, 0.2) is 97.3 Å². The number of pyridine rings is 2. The number of fused-ring (bicyclic) bond motifs is 3. The number of nitrogens with zero attached hydrogens (tertiary/aromatic N) is 4. The molecule has 6 aromatic rings. The average Bonchev–Trinajstić information content (AvgIpc) is 3.43. The summed E-state index contributed by atoms with van der Waals surface area (Å²) in [5, 5.41) is 22.0. The summed E-state index contributed by atoms with van der Waals surface area (Å²) in [7, 11) is 0. The number of amides is 1. The largest absolute Gasteiger partial charge is 0.307 e. The fourth-order valence-electron chi connectivity index (χ4n) is 4.62. The molecule has 0 atom stereocenters. The molecule has 188 valence electrons. The Balaban J connectivity index is 1.35. The van der Waals surface area contributed by atoms with Crippen LogP contribution in [0.1, 0.15) is 29.8 Å².